The van der Waals surface area contributed by atoms with Crippen molar-refractivity contribution in [2.24, 2.45) is 5.92 Å². The number of halogens is 1. The lowest BCUT2D eigenvalue weighted by molar-refractivity contribution is -0.132. The van der Waals surface area contributed by atoms with E-state index >= 15 is 0 Å². The van der Waals surface area contributed by atoms with Gasteiger partial charge in [0.15, 0.2) is 11.6 Å². The van der Waals surface area contributed by atoms with E-state index in [-0.39, 0.29) is 29.2 Å². The summed E-state index contributed by atoms with van der Waals surface area (Å²) >= 11 is 0. The van der Waals surface area contributed by atoms with Crippen molar-refractivity contribution in [3.8, 4) is 0 Å². The molecule has 2 aromatic rings. The second-order valence-corrected chi connectivity index (χ2v) is 9.17. The van der Waals surface area contributed by atoms with Crippen molar-refractivity contribution in [2.45, 2.75) is 58.3 Å². The van der Waals surface area contributed by atoms with E-state index in [0.717, 1.165) is 37.1 Å². The number of ketones is 2. The molecule has 1 fully saturated rings. The number of hydrogen-bond donors (Lipinski definition) is 0. The molecule has 33 heavy (non-hydrogen) atoms. The van der Waals surface area contributed by atoms with Crippen LogP contribution in [-0.2, 0) is 4.79 Å². The maximum atomic E-state index is 13.1. The average Bonchev–Trinajstić information content (AvgIpc) is 3.17. The first kappa shape index (κ1) is 23.1. The standard InChI is InChI=1S/C27H31FN2O3/c1-19-8-13-24-25(31)6-2-4-20(18-30(19)24)5-3-7-26(32)29-16-14-22(15-17-29)27(33)21-9-11-23(28)12-10-21/h8-13,18,22H,2-7,14-17H2,1H3. The van der Waals surface area contributed by atoms with Gasteiger partial charge in [-0.25, -0.2) is 4.39 Å². The van der Waals surface area contributed by atoms with Crippen LogP contribution < -0.4 is 0 Å². The van der Waals surface area contributed by atoms with Crippen LogP contribution in [0.4, 0.5) is 4.39 Å². The third-order valence-electron chi connectivity index (χ3n) is 6.86. The molecule has 174 valence electrons. The molecule has 3 heterocycles. The van der Waals surface area contributed by atoms with Gasteiger partial charge >= 0.3 is 0 Å². The van der Waals surface area contributed by atoms with Gasteiger partial charge in [0.1, 0.15) is 5.82 Å². The molecule has 1 aromatic heterocycles. The largest absolute Gasteiger partial charge is 0.343 e. The maximum Gasteiger partial charge on any atom is 0.222 e. The Balaban J connectivity index is 1.26. The summed E-state index contributed by atoms with van der Waals surface area (Å²) in [5, 5.41) is 0. The maximum absolute atomic E-state index is 13.1. The van der Waals surface area contributed by atoms with Crippen LogP contribution in [0.3, 0.4) is 0 Å². The zero-order valence-corrected chi connectivity index (χ0v) is 19.2. The quantitative estimate of drug-likeness (QED) is 0.551. The number of fused-ring (bicyclic) bond motifs is 1. The smallest absolute Gasteiger partial charge is 0.222 e. The molecule has 0 bridgehead atoms. The summed E-state index contributed by atoms with van der Waals surface area (Å²) in [6.45, 7) is 3.18. The molecule has 0 atom stereocenters. The number of aromatic nitrogens is 1. The minimum atomic E-state index is -0.348. The summed E-state index contributed by atoms with van der Waals surface area (Å²) in [6.07, 6.45) is 7.79. The summed E-state index contributed by atoms with van der Waals surface area (Å²) in [5.41, 5.74) is 3.61. The van der Waals surface area contributed by atoms with E-state index in [4.69, 9.17) is 0 Å². The number of nitrogens with zero attached hydrogens (tertiary/aromatic N) is 2. The van der Waals surface area contributed by atoms with Crippen LogP contribution in [0.15, 0.2) is 42.0 Å². The van der Waals surface area contributed by atoms with Crippen LogP contribution in [-0.4, -0.2) is 40.0 Å². The van der Waals surface area contributed by atoms with Gasteiger partial charge in [-0.05, 0) is 81.8 Å². The van der Waals surface area contributed by atoms with Crippen molar-refractivity contribution in [1.82, 2.24) is 9.47 Å². The number of benzene rings is 1. The highest BCUT2D eigenvalue weighted by molar-refractivity contribution is 5.98. The third-order valence-corrected chi connectivity index (χ3v) is 6.86. The van der Waals surface area contributed by atoms with Crippen molar-refractivity contribution in [1.29, 1.82) is 0 Å². The SMILES string of the molecule is Cc1ccc2n1C=C(CCCC(=O)N1CCC(C(=O)c3ccc(F)cc3)CC1)CCCC2=O. The molecule has 0 radical (unpaired) electrons. The Kier molecular flexibility index (Phi) is 7.21. The topological polar surface area (TPSA) is 59.4 Å². The van der Waals surface area contributed by atoms with Gasteiger partial charge in [-0.1, -0.05) is 5.57 Å². The lowest BCUT2D eigenvalue weighted by atomic mass is 9.88. The van der Waals surface area contributed by atoms with Gasteiger partial charge in [0.25, 0.3) is 0 Å². The minimum absolute atomic E-state index is 0.0384. The van der Waals surface area contributed by atoms with Crippen molar-refractivity contribution in [3.05, 3.63) is 64.7 Å². The van der Waals surface area contributed by atoms with E-state index in [2.05, 4.69) is 6.20 Å². The number of amides is 1. The normalized spacial score (nSPS) is 17.2. The zero-order valence-electron chi connectivity index (χ0n) is 19.2. The van der Waals surface area contributed by atoms with Crippen molar-refractivity contribution < 1.29 is 18.8 Å². The molecule has 5 nitrogen and oxygen atoms in total. The fraction of sp³-hybridized carbons (Fsp3) is 0.444. The van der Waals surface area contributed by atoms with Gasteiger partial charge in [0.2, 0.25) is 5.91 Å². The number of carbonyl (C=O) groups excluding carboxylic acids is 3. The Bertz CT molecular complexity index is 1060. The van der Waals surface area contributed by atoms with E-state index in [1.807, 2.05) is 28.5 Å². The van der Waals surface area contributed by atoms with Crippen LogP contribution in [0, 0.1) is 18.7 Å². The van der Waals surface area contributed by atoms with E-state index in [0.29, 0.717) is 44.3 Å². The fourth-order valence-corrected chi connectivity index (χ4v) is 4.86. The number of allylic oxidation sites excluding steroid dienone is 1. The number of piperidine rings is 1. The van der Waals surface area contributed by atoms with Gasteiger partial charge in [0.05, 0.1) is 5.69 Å². The highest BCUT2D eigenvalue weighted by Gasteiger charge is 2.27. The lowest BCUT2D eigenvalue weighted by Gasteiger charge is -2.31. The van der Waals surface area contributed by atoms with Crippen LogP contribution in [0.1, 0.15) is 77.9 Å². The second-order valence-electron chi connectivity index (χ2n) is 9.17. The van der Waals surface area contributed by atoms with Crippen molar-refractivity contribution >= 4 is 23.7 Å². The first-order chi connectivity index (χ1) is 15.9. The molecule has 6 heteroatoms. The molecule has 1 aromatic carbocycles. The number of carbonyl (C=O) groups is 3. The van der Waals surface area contributed by atoms with Crippen LogP contribution in [0.5, 0.6) is 0 Å². The summed E-state index contributed by atoms with van der Waals surface area (Å²) in [6, 6.07) is 9.56. The monoisotopic (exact) mass is 450 g/mol. The Morgan fingerprint density at radius 1 is 1.03 bits per heavy atom. The molecule has 2 aliphatic rings. The molecule has 0 N–H and O–H groups in total. The number of aryl methyl sites for hydroxylation is 1. The third kappa shape index (κ3) is 5.49. The Morgan fingerprint density at radius 3 is 2.48 bits per heavy atom. The first-order valence-corrected chi connectivity index (χ1v) is 11.9. The minimum Gasteiger partial charge on any atom is -0.343 e. The molecule has 2 aliphatic heterocycles. The van der Waals surface area contributed by atoms with Gasteiger partial charge in [-0.15, -0.1) is 0 Å². The molecule has 0 spiro atoms. The Morgan fingerprint density at radius 2 is 1.76 bits per heavy atom. The van der Waals surface area contributed by atoms with Crippen molar-refractivity contribution in [2.75, 3.05) is 13.1 Å². The lowest BCUT2D eigenvalue weighted by Crippen LogP contribution is -2.40. The Hall–Kier alpha value is -3.02. The van der Waals surface area contributed by atoms with E-state index in [9.17, 15) is 18.8 Å². The molecule has 1 amide bonds. The molecular weight excluding hydrogens is 419 g/mol. The number of Topliss-reactive ketones (excluding diaryl/α,β-unsaturated/α-hetero) is 2. The van der Waals surface area contributed by atoms with Crippen LogP contribution in [0.25, 0.3) is 6.20 Å². The fourth-order valence-electron chi connectivity index (χ4n) is 4.86. The van der Waals surface area contributed by atoms with Crippen LogP contribution in [0.2, 0.25) is 0 Å². The van der Waals surface area contributed by atoms with Gasteiger partial charge in [-0.2, -0.15) is 0 Å². The van der Waals surface area contributed by atoms with E-state index in [1.165, 1.54) is 29.8 Å². The molecular formula is C27H31FN2O3. The van der Waals surface area contributed by atoms with Gasteiger partial charge in [-0.3, -0.25) is 14.4 Å². The number of hydrogen-bond acceptors (Lipinski definition) is 3. The Labute approximate surface area is 194 Å². The average molecular weight is 451 g/mol. The number of likely N-dealkylation sites (tertiary alicyclic amines) is 1. The second kappa shape index (κ2) is 10.3. The van der Waals surface area contributed by atoms with Crippen LogP contribution >= 0.6 is 0 Å². The number of rotatable bonds is 6. The predicted molar refractivity (Wildman–Crippen MR) is 126 cm³/mol. The molecule has 0 saturated carbocycles. The molecule has 0 unspecified atom stereocenters. The molecule has 0 aliphatic carbocycles. The summed E-state index contributed by atoms with van der Waals surface area (Å²) in [7, 11) is 0. The summed E-state index contributed by atoms with van der Waals surface area (Å²) in [4.78, 5) is 39.5. The van der Waals surface area contributed by atoms with E-state index in [1.54, 1.807) is 0 Å². The molecule has 4 rings (SSSR count). The van der Waals surface area contributed by atoms with E-state index < -0.39 is 0 Å². The molecule has 1 saturated heterocycles. The summed E-state index contributed by atoms with van der Waals surface area (Å²) < 4.78 is 15.1. The van der Waals surface area contributed by atoms with Gasteiger partial charge in [0, 0.05) is 49.3 Å². The first-order valence-electron chi connectivity index (χ1n) is 11.9. The highest BCUT2D eigenvalue weighted by Crippen LogP contribution is 2.25. The van der Waals surface area contributed by atoms with Crippen molar-refractivity contribution in [3.63, 3.8) is 0 Å². The highest BCUT2D eigenvalue weighted by atomic mass is 19.1. The summed E-state index contributed by atoms with van der Waals surface area (Å²) in [5.74, 6) is -0.0885. The van der Waals surface area contributed by atoms with Gasteiger partial charge < -0.3 is 9.47 Å². The predicted octanol–water partition coefficient (Wildman–Crippen LogP) is 5.43. The zero-order chi connectivity index (χ0) is 23.4.